The maximum Gasteiger partial charge on any atom is 0.276 e. The molecule has 1 saturated heterocycles. The molecule has 1 fully saturated rings. The molecule has 5 rings (SSSR count). The van der Waals surface area contributed by atoms with Crippen molar-refractivity contribution in [2.24, 2.45) is 0 Å². The van der Waals surface area contributed by atoms with Crippen LogP contribution in [0.1, 0.15) is 40.6 Å². The van der Waals surface area contributed by atoms with Gasteiger partial charge in [-0.2, -0.15) is 0 Å². The molecule has 8 heteroatoms. The van der Waals surface area contributed by atoms with E-state index in [4.69, 9.17) is 16.6 Å². The average molecular weight is 421 g/mol. The summed E-state index contributed by atoms with van der Waals surface area (Å²) in [5, 5.41) is 8.93. The molecule has 3 heterocycles. The van der Waals surface area contributed by atoms with E-state index in [0.29, 0.717) is 23.8 Å². The minimum atomic E-state index is -0.0850. The van der Waals surface area contributed by atoms with Crippen LogP contribution in [0.4, 0.5) is 0 Å². The van der Waals surface area contributed by atoms with Crippen molar-refractivity contribution < 1.29 is 4.79 Å². The van der Waals surface area contributed by atoms with Crippen molar-refractivity contribution in [3.8, 4) is 0 Å². The van der Waals surface area contributed by atoms with Crippen molar-refractivity contribution >= 4 is 28.5 Å². The smallest absolute Gasteiger partial charge is 0.276 e. The van der Waals surface area contributed by atoms with E-state index in [1.165, 1.54) is 0 Å². The number of hydrogen-bond acceptors (Lipinski definition) is 4. The first-order valence-corrected chi connectivity index (χ1v) is 10.4. The van der Waals surface area contributed by atoms with Crippen molar-refractivity contribution in [3.63, 3.8) is 0 Å². The van der Waals surface area contributed by atoms with Gasteiger partial charge in [-0.15, -0.1) is 5.10 Å². The molecule has 30 heavy (non-hydrogen) atoms. The number of aromatic amines is 1. The summed E-state index contributed by atoms with van der Waals surface area (Å²) in [5.74, 6) is 1.05. The lowest BCUT2D eigenvalue weighted by atomic mass is 9.97. The van der Waals surface area contributed by atoms with E-state index in [1.54, 1.807) is 10.9 Å². The highest BCUT2D eigenvalue weighted by Crippen LogP contribution is 2.27. The number of carbonyl (C=O) groups is 1. The van der Waals surface area contributed by atoms with Gasteiger partial charge in [-0.25, -0.2) is 9.67 Å². The number of fused-ring (bicyclic) bond motifs is 1. The number of nitrogens with one attached hydrogen (secondary N) is 1. The van der Waals surface area contributed by atoms with Gasteiger partial charge >= 0.3 is 0 Å². The highest BCUT2D eigenvalue weighted by molar-refractivity contribution is 6.30. The zero-order valence-corrected chi connectivity index (χ0v) is 17.1. The second-order valence-electron chi connectivity index (χ2n) is 7.66. The molecule has 4 aromatic rings. The standard InChI is InChI=1S/C22H21ClN6O/c23-17-9-7-15(8-10-17)12-29-14-20(26-27-29)22(30)28-11-3-4-16(13-28)21-24-18-5-1-2-6-19(18)25-21/h1-2,5-10,14,16H,3-4,11-13H2,(H,24,25)/t16-/m0/s1. The molecule has 1 amide bonds. The summed E-state index contributed by atoms with van der Waals surface area (Å²) >= 11 is 5.93. The Morgan fingerprint density at radius 3 is 2.83 bits per heavy atom. The van der Waals surface area contributed by atoms with Crippen LogP contribution in [0.5, 0.6) is 0 Å². The Bertz CT molecular complexity index is 1150. The average Bonchev–Trinajstić information content (AvgIpc) is 3.42. The summed E-state index contributed by atoms with van der Waals surface area (Å²) in [6.45, 7) is 1.89. The first-order valence-electron chi connectivity index (χ1n) is 10.0. The van der Waals surface area contributed by atoms with Gasteiger partial charge in [0.1, 0.15) is 5.82 Å². The Morgan fingerprint density at radius 1 is 1.17 bits per heavy atom. The van der Waals surface area contributed by atoms with Crippen molar-refractivity contribution in [1.29, 1.82) is 0 Å². The van der Waals surface area contributed by atoms with Crippen molar-refractivity contribution in [2.75, 3.05) is 13.1 Å². The second-order valence-corrected chi connectivity index (χ2v) is 8.09. The minimum Gasteiger partial charge on any atom is -0.342 e. The Hall–Kier alpha value is -3.19. The van der Waals surface area contributed by atoms with Crippen LogP contribution in [0, 0.1) is 0 Å². The van der Waals surface area contributed by atoms with Gasteiger partial charge in [-0.05, 0) is 42.7 Å². The molecular weight excluding hydrogens is 400 g/mol. The van der Waals surface area contributed by atoms with Gasteiger partial charge in [-0.3, -0.25) is 4.79 Å². The number of nitrogens with zero attached hydrogens (tertiary/aromatic N) is 5. The van der Waals surface area contributed by atoms with E-state index in [1.807, 2.05) is 53.4 Å². The first kappa shape index (κ1) is 18.8. The van der Waals surface area contributed by atoms with Gasteiger partial charge in [0.2, 0.25) is 0 Å². The molecule has 1 N–H and O–H groups in total. The van der Waals surface area contributed by atoms with Crippen LogP contribution in [0.3, 0.4) is 0 Å². The van der Waals surface area contributed by atoms with E-state index >= 15 is 0 Å². The monoisotopic (exact) mass is 420 g/mol. The molecule has 1 aliphatic rings. The normalized spacial score (nSPS) is 16.8. The Morgan fingerprint density at radius 2 is 2.00 bits per heavy atom. The summed E-state index contributed by atoms with van der Waals surface area (Å²) in [4.78, 5) is 23.0. The first-order chi connectivity index (χ1) is 14.7. The number of amides is 1. The van der Waals surface area contributed by atoms with Crippen LogP contribution in [-0.4, -0.2) is 48.9 Å². The summed E-state index contributed by atoms with van der Waals surface area (Å²) < 4.78 is 1.68. The number of benzene rings is 2. The molecule has 2 aromatic carbocycles. The molecule has 0 saturated carbocycles. The van der Waals surface area contributed by atoms with E-state index in [9.17, 15) is 4.79 Å². The Balaban J connectivity index is 1.28. The van der Waals surface area contributed by atoms with Gasteiger partial charge < -0.3 is 9.88 Å². The van der Waals surface area contributed by atoms with Crippen LogP contribution < -0.4 is 0 Å². The van der Waals surface area contributed by atoms with E-state index in [2.05, 4.69) is 15.3 Å². The second kappa shape index (κ2) is 7.91. The zero-order chi connectivity index (χ0) is 20.5. The number of likely N-dealkylation sites (tertiary alicyclic amines) is 1. The quantitative estimate of drug-likeness (QED) is 0.543. The predicted molar refractivity (Wildman–Crippen MR) is 115 cm³/mol. The van der Waals surface area contributed by atoms with E-state index < -0.39 is 0 Å². The van der Waals surface area contributed by atoms with Crippen LogP contribution in [0.15, 0.2) is 54.7 Å². The third kappa shape index (κ3) is 3.80. The number of carbonyl (C=O) groups excluding carboxylic acids is 1. The number of H-pyrrole nitrogens is 1. The number of halogens is 1. The van der Waals surface area contributed by atoms with Crippen LogP contribution in [0.25, 0.3) is 11.0 Å². The number of hydrogen-bond donors (Lipinski definition) is 1. The minimum absolute atomic E-state index is 0.0850. The number of imidazole rings is 1. The van der Waals surface area contributed by atoms with Crippen LogP contribution >= 0.6 is 11.6 Å². The maximum atomic E-state index is 13.0. The highest BCUT2D eigenvalue weighted by Gasteiger charge is 2.28. The summed E-state index contributed by atoms with van der Waals surface area (Å²) in [7, 11) is 0. The number of piperidine rings is 1. The largest absolute Gasteiger partial charge is 0.342 e. The number of rotatable bonds is 4. The molecular formula is C22H21ClN6O. The fourth-order valence-electron chi connectivity index (χ4n) is 3.96. The molecule has 0 spiro atoms. The van der Waals surface area contributed by atoms with Gasteiger partial charge in [0, 0.05) is 24.0 Å². The van der Waals surface area contributed by atoms with E-state index in [-0.39, 0.29) is 11.8 Å². The van der Waals surface area contributed by atoms with Crippen molar-refractivity contribution in [3.05, 3.63) is 76.8 Å². The van der Waals surface area contributed by atoms with Gasteiger partial charge in [-0.1, -0.05) is 41.1 Å². The lowest BCUT2D eigenvalue weighted by Gasteiger charge is -2.31. The molecule has 2 aromatic heterocycles. The highest BCUT2D eigenvalue weighted by atomic mass is 35.5. The summed E-state index contributed by atoms with van der Waals surface area (Å²) in [5.41, 5.74) is 3.41. The third-order valence-electron chi connectivity index (χ3n) is 5.52. The van der Waals surface area contributed by atoms with Gasteiger partial charge in [0.25, 0.3) is 5.91 Å². The number of para-hydroxylation sites is 2. The Kier molecular flexibility index (Phi) is 4.96. The van der Waals surface area contributed by atoms with Gasteiger partial charge in [0.15, 0.2) is 5.69 Å². The number of aromatic nitrogens is 5. The summed E-state index contributed by atoms with van der Waals surface area (Å²) in [6.07, 6.45) is 3.65. The molecule has 152 valence electrons. The molecule has 0 radical (unpaired) electrons. The lowest BCUT2D eigenvalue weighted by molar-refractivity contribution is 0.0699. The predicted octanol–water partition coefficient (Wildman–Crippen LogP) is 3.88. The molecule has 1 atom stereocenters. The molecule has 7 nitrogen and oxygen atoms in total. The van der Waals surface area contributed by atoms with Crippen LogP contribution in [0.2, 0.25) is 5.02 Å². The molecule has 0 aliphatic carbocycles. The molecule has 0 unspecified atom stereocenters. The van der Waals surface area contributed by atoms with Crippen molar-refractivity contribution in [2.45, 2.75) is 25.3 Å². The fraction of sp³-hybridized carbons (Fsp3) is 0.273. The topological polar surface area (TPSA) is 79.7 Å². The maximum absolute atomic E-state index is 13.0. The molecule has 0 bridgehead atoms. The van der Waals surface area contributed by atoms with Crippen LogP contribution in [-0.2, 0) is 6.54 Å². The molecule has 1 aliphatic heterocycles. The van der Waals surface area contributed by atoms with E-state index in [0.717, 1.165) is 41.8 Å². The summed E-state index contributed by atoms with van der Waals surface area (Å²) in [6, 6.07) is 15.6. The van der Waals surface area contributed by atoms with Crippen molar-refractivity contribution in [1.82, 2.24) is 29.9 Å². The SMILES string of the molecule is O=C(c1cn(Cc2ccc(Cl)cc2)nn1)N1CCC[C@H](c2nc3ccccc3[nH]2)C1. The fourth-order valence-corrected chi connectivity index (χ4v) is 4.09. The zero-order valence-electron chi connectivity index (χ0n) is 16.3. The van der Waals surface area contributed by atoms with Gasteiger partial charge in [0.05, 0.1) is 23.8 Å². The lowest BCUT2D eigenvalue weighted by Crippen LogP contribution is -2.39. The Labute approximate surface area is 178 Å². The third-order valence-corrected chi connectivity index (χ3v) is 5.77.